The number of carbonyl (C=O) groups excluding carboxylic acids is 1. The largest absolute Gasteiger partial charge is 0.469 e. The first kappa shape index (κ1) is 25.6. The highest BCUT2D eigenvalue weighted by Crippen LogP contribution is 2.29. The number of halogens is 5. The van der Waals surface area contributed by atoms with Crippen molar-refractivity contribution in [1.29, 1.82) is 0 Å². The van der Waals surface area contributed by atoms with Gasteiger partial charge < -0.3 is 9.47 Å². The number of rotatable bonds is 8. The molecule has 0 aliphatic rings. The van der Waals surface area contributed by atoms with Crippen LogP contribution in [-0.4, -0.2) is 27.7 Å². The smallest absolute Gasteiger partial charge is 0.381 e. The van der Waals surface area contributed by atoms with E-state index in [1.54, 1.807) is 6.92 Å². The molecular weight excluding hydrogens is 493 g/mol. The summed E-state index contributed by atoms with van der Waals surface area (Å²) in [5, 5.41) is 1.83. The van der Waals surface area contributed by atoms with Gasteiger partial charge in [0.2, 0.25) is 11.7 Å². The molecule has 0 aliphatic heterocycles. The van der Waals surface area contributed by atoms with Crippen LogP contribution in [0.1, 0.15) is 29.5 Å². The van der Waals surface area contributed by atoms with Crippen molar-refractivity contribution < 1.29 is 36.2 Å². The molecule has 0 fully saturated rings. The van der Waals surface area contributed by atoms with Crippen molar-refractivity contribution in [2.24, 2.45) is 4.99 Å². The third-order valence-corrected chi connectivity index (χ3v) is 4.42. The summed E-state index contributed by atoms with van der Waals surface area (Å²) in [6.07, 6.45) is 2.62. The van der Waals surface area contributed by atoms with E-state index in [1.165, 1.54) is 6.07 Å². The molecule has 0 bridgehead atoms. The monoisotopic (exact) mass is 507 g/mol. The molecule has 3 aromatic rings. The van der Waals surface area contributed by atoms with Gasteiger partial charge in [0.1, 0.15) is 17.3 Å². The summed E-state index contributed by atoms with van der Waals surface area (Å²) in [6.45, 7) is 1.67. The Bertz CT molecular complexity index is 1320. The standard InChI is InChI=1S/C23H14F5N3O3S/c1-2-5-33-21(28)19(27)12-3-4-15(16(24)6-12)13-9-29-22(30-10-13)23(32)34-14-7-17(25)20(31-11-35)18(26)8-14/h3-4,6-10H,2,5H2,1H3. The van der Waals surface area contributed by atoms with Crippen LogP contribution in [-0.2, 0) is 4.74 Å². The lowest BCUT2D eigenvalue weighted by Crippen LogP contribution is -2.13. The third kappa shape index (κ3) is 6.11. The lowest BCUT2D eigenvalue weighted by atomic mass is 10.1. The molecule has 0 saturated carbocycles. The molecule has 0 aliphatic carbocycles. The highest BCUT2D eigenvalue weighted by Gasteiger charge is 2.18. The highest BCUT2D eigenvalue weighted by molar-refractivity contribution is 7.78. The van der Waals surface area contributed by atoms with Crippen LogP contribution in [0.4, 0.5) is 27.6 Å². The van der Waals surface area contributed by atoms with Crippen LogP contribution in [0.3, 0.4) is 0 Å². The van der Waals surface area contributed by atoms with E-state index in [2.05, 4.69) is 31.9 Å². The topological polar surface area (TPSA) is 73.7 Å². The van der Waals surface area contributed by atoms with Crippen LogP contribution >= 0.6 is 12.2 Å². The number of isothiocyanates is 1. The molecule has 6 nitrogen and oxygen atoms in total. The van der Waals surface area contributed by atoms with Gasteiger partial charge in [0.15, 0.2) is 11.6 Å². The molecule has 0 atom stereocenters. The molecule has 180 valence electrons. The maximum Gasteiger partial charge on any atom is 0.381 e. The number of aromatic nitrogens is 2. The van der Waals surface area contributed by atoms with E-state index in [4.69, 9.17) is 4.74 Å². The summed E-state index contributed by atoms with van der Waals surface area (Å²) in [4.78, 5) is 23.0. The number of aliphatic imine (C=N–C) groups is 1. The zero-order valence-electron chi connectivity index (χ0n) is 17.8. The zero-order valence-corrected chi connectivity index (χ0v) is 18.6. The summed E-state index contributed by atoms with van der Waals surface area (Å²) < 4.78 is 79.4. The molecule has 0 unspecified atom stereocenters. The molecule has 1 aromatic heterocycles. The predicted octanol–water partition coefficient (Wildman–Crippen LogP) is 6.51. The fraction of sp³-hybridized carbons (Fsp3) is 0.130. The van der Waals surface area contributed by atoms with Gasteiger partial charge in [0.05, 0.1) is 11.8 Å². The Labute approximate surface area is 200 Å². The first-order valence-electron chi connectivity index (χ1n) is 9.84. The number of hydrogen-bond donors (Lipinski definition) is 0. The first-order chi connectivity index (χ1) is 16.7. The Balaban J connectivity index is 1.78. The van der Waals surface area contributed by atoms with Gasteiger partial charge in [0.25, 0.3) is 0 Å². The number of ether oxygens (including phenoxy) is 2. The second-order valence-electron chi connectivity index (χ2n) is 6.75. The summed E-state index contributed by atoms with van der Waals surface area (Å²) in [6, 6.07) is 3.03. The van der Waals surface area contributed by atoms with Gasteiger partial charge in [-0.3, -0.25) is 0 Å². The molecule has 0 radical (unpaired) electrons. The Kier molecular flexibility index (Phi) is 8.34. The van der Waals surface area contributed by atoms with Crippen LogP contribution in [0.15, 0.2) is 53.7 Å². The van der Waals surface area contributed by atoms with Crippen molar-refractivity contribution in [1.82, 2.24) is 9.97 Å². The minimum atomic E-state index is -1.45. The summed E-state index contributed by atoms with van der Waals surface area (Å²) >= 11 is 4.30. The van der Waals surface area contributed by atoms with Crippen LogP contribution in [0.5, 0.6) is 5.75 Å². The van der Waals surface area contributed by atoms with E-state index in [0.717, 1.165) is 24.5 Å². The second-order valence-corrected chi connectivity index (χ2v) is 6.94. The number of nitrogens with zero attached hydrogens (tertiary/aromatic N) is 3. The molecular formula is C23H14F5N3O3S. The molecule has 0 saturated heterocycles. The minimum Gasteiger partial charge on any atom is -0.469 e. The molecule has 35 heavy (non-hydrogen) atoms. The lowest BCUT2D eigenvalue weighted by molar-refractivity contribution is 0.0721. The van der Waals surface area contributed by atoms with Crippen LogP contribution in [0.25, 0.3) is 17.0 Å². The fourth-order valence-electron chi connectivity index (χ4n) is 2.73. The van der Waals surface area contributed by atoms with E-state index in [1.807, 2.05) is 5.16 Å². The maximum atomic E-state index is 14.5. The van der Waals surface area contributed by atoms with Crippen molar-refractivity contribution in [3.05, 3.63) is 77.6 Å². The predicted molar refractivity (Wildman–Crippen MR) is 119 cm³/mol. The van der Waals surface area contributed by atoms with E-state index < -0.39 is 52.5 Å². The van der Waals surface area contributed by atoms with Gasteiger partial charge in [0, 0.05) is 41.2 Å². The van der Waals surface area contributed by atoms with E-state index in [9.17, 15) is 26.7 Å². The molecule has 12 heteroatoms. The number of esters is 1. The maximum absolute atomic E-state index is 14.5. The fourth-order valence-corrected chi connectivity index (χ4v) is 2.82. The number of hydrogen-bond acceptors (Lipinski definition) is 7. The van der Waals surface area contributed by atoms with Crippen molar-refractivity contribution >= 4 is 34.9 Å². The van der Waals surface area contributed by atoms with E-state index in [-0.39, 0.29) is 23.3 Å². The molecule has 2 aromatic carbocycles. The van der Waals surface area contributed by atoms with Gasteiger partial charge in [-0.25, -0.2) is 27.9 Å². The van der Waals surface area contributed by atoms with Gasteiger partial charge in [-0.2, -0.15) is 13.8 Å². The van der Waals surface area contributed by atoms with E-state index in [0.29, 0.717) is 18.6 Å². The third-order valence-electron chi connectivity index (χ3n) is 4.33. The average molecular weight is 507 g/mol. The summed E-state index contributed by atoms with van der Waals surface area (Å²) in [7, 11) is 0. The number of carbonyl (C=O) groups is 1. The Morgan fingerprint density at radius 3 is 2.29 bits per heavy atom. The second kappa shape index (κ2) is 11.4. The van der Waals surface area contributed by atoms with Crippen molar-refractivity contribution in [2.75, 3.05) is 6.61 Å². The highest BCUT2D eigenvalue weighted by atomic mass is 32.1. The molecule has 1 heterocycles. The van der Waals surface area contributed by atoms with Crippen molar-refractivity contribution in [2.45, 2.75) is 13.3 Å². The average Bonchev–Trinajstić information content (AvgIpc) is 2.84. The SMILES string of the molecule is CCCOC(F)=C(F)c1ccc(-c2cnc(C(=O)Oc3cc(F)c(N=C=S)c(F)c3)nc2)c(F)c1. The number of benzene rings is 2. The van der Waals surface area contributed by atoms with E-state index >= 15 is 0 Å². The first-order valence-corrected chi connectivity index (χ1v) is 10.3. The van der Waals surface area contributed by atoms with Gasteiger partial charge in [-0.15, -0.1) is 0 Å². The van der Waals surface area contributed by atoms with Gasteiger partial charge in [-0.05, 0) is 24.7 Å². The minimum absolute atomic E-state index is 0.0382. The van der Waals surface area contributed by atoms with Crippen LogP contribution in [0.2, 0.25) is 0 Å². The summed E-state index contributed by atoms with van der Waals surface area (Å²) in [5.74, 6) is -6.65. The summed E-state index contributed by atoms with van der Waals surface area (Å²) in [5.41, 5.74) is -1.02. The zero-order chi connectivity index (χ0) is 25.5. The molecule has 0 N–H and O–H groups in total. The number of thiocarbonyl (C=S) groups is 1. The van der Waals surface area contributed by atoms with Crippen LogP contribution < -0.4 is 4.74 Å². The Hall–Kier alpha value is -4.02. The Morgan fingerprint density at radius 1 is 1.06 bits per heavy atom. The molecule has 0 amide bonds. The normalized spacial score (nSPS) is 11.4. The Morgan fingerprint density at radius 2 is 1.71 bits per heavy atom. The molecule has 3 rings (SSSR count). The lowest BCUT2D eigenvalue weighted by Gasteiger charge is -2.08. The molecule has 0 spiro atoms. The quantitative estimate of drug-likeness (QED) is 0.0865. The van der Waals surface area contributed by atoms with Gasteiger partial charge in [-0.1, -0.05) is 19.1 Å². The van der Waals surface area contributed by atoms with Gasteiger partial charge >= 0.3 is 12.0 Å². The van der Waals surface area contributed by atoms with Crippen molar-refractivity contribution in [3.63, 3.8) is 0 Å². The van der Waals surface area contributed by atoms with Crippen LogP contribution in [0, 0.1) is 17.5 Å². The van der Waals surface area contributed by atoms with Crippen molar-refractivity contribution in [3.8, 4) is 16.9 Å².